The molecular weight excluding hydrogens is 166 g/mol. The predicted octanol–water partition coefficient (Wildman–Crippen LogP) is 0.832. The van der Waals surface area contributed by atoms with Crippen molar-refractivity contribution in [3.8, 4) is 0 Å². The monoisotopic (exact) mass is 181 g/mol. The molecule has 1 saturated heterocycles. The van der Waals surface area contributed by atoms with Gasteiger partial charge in [-0.25, -0.2) is 0 Å². The van der Waals surface area contributed by atoms with Gasteiger partial charge in [-0.05, 0) is 18.3 Å². The first-order chi connectivity index (χ1) is 6.15. The van der Waals surface area contributed by atoms with Crippen molar-refractivity contribution in [1.82, 2.24) is 4.90 Å². The van der Waals surface area contributed by atoms with Crippen molar-refractivity contribution in [2.75, 3.05) is 6.54 Å². The smallest absolute Gasteiger partial charge is 0.220 e. The van der Waals surface area contributed by atoms with Crippen LogP contribution in [0.3, 0.4) is 0 Å². The van der Waals surface area contributed by atoms with Crippen molar-refractivity contribution in [2.45, 2.75) is 32.7 Å². The van der Waals surface area contributed by atoms with Crippen molar-refractivity contribution in [3.05, 3.63) is 0 Å². The second-order valence-electron chi connectivity index (χ2n) is 4.10. The van der Waals surface area contributed by atoms with Gasteiger partial charge in [0.1, 0.15) is 0 Å². The number of carbonyl (C=O) groups excluding carboxylic acids is 2. The maximum Gasteiger partial charge on any atom is 0.220 e. The lowest BCUT2D eigenvalue weighted by Gasteiger charge is -2.24. The summed E-state index contributed by atoms with van der Waals surface area (Å²) < 4.78 is 0. The molecule has 13 heavy (non-hydrogen) atoms. The van der Waals surface area contributed by atoms with Crippen LogP contribution < -0.4 is 0 Å². The third-order valence-corrected chi connectivity index (χ3v) is 3.23. The summed E-state index contributed by atoms with van der Waals surface area (Å²) in [5, 5.41) is 0. The van der Waals surface area contributed by atoms with E-state index in [0.717, 1.165) is 13.0 Å². The highest BCUT2D eigenvalue weighted by Crippen LogP contribution is 2.49. The summed E-state index contributed by atoms with van der Waals surface area (Å²) in [5.41, 5.74) is 0. The van der Waals surface area contributed by atoms with Gasteiger partial charge in [-0.15, -0.1) is 0 Å². The standard InChI is InChI=1S/C10H15NO2/c1-3-9(13)10-8-4-7(8)5-11(10)6(2)12/h7-8,10H,3-5H2,1-2H3/t7-,8-,10-/m0/s1. The fourth-order valence-electron chi connectivity index (χ4n) is 2.41. The molecule has 0 radical (unpaired) electrons. The Morgan fingerprint density at radius 2 is 2.15 bits per heavy atom. The van der Waals surface area contributed by atoms with E-state index in [1.807, 2.05) is 6.92 Å². The SMILES string of the molecule is CCC(=O)[C@@H]1[C@H]2C[C@H]2CN1C(C)=O. The van der Waals surface area contributed by atoms with Crippen molar-refractivity contribution < 1.29 is 9.59 Å². The van der Waals surface area contributed by atoms with Gasteiger partial charge < -0.3 is 4.90 Å². The van der Waals surface area contributed by atoms with Gasteiger partial charge in [0.05, 0.1) is 6.04 Å². The lowest BCUT2D eigenvalue weighted by atomic mass is 10.1. The third kappa shape index (κ3) is 1.26. The lowest BCUT2D eigenvalue weighted by molar-refractivity contribution is -0.136. The van der Waals surface area contributed by atoms with Crippen LogP contribution >= 0.6 is 0 Å². The van der Waals surface area contributed by atoms with E-state index in [2.05, 4.69) is 0 Å². The summed E-state index contributed by atoms with van der Waals surface area (Å²) in [6.45, 7) is 4.24. The number of fused-ring (bicyclic) bond motifs is 1. The molecule has 1 aliphatic carbocycles. The molecule has 3 atom stereocenters. The molecule has 3 heteroatoms. The van der Waals surface area contributed by atoms with E-state index in [-0.39, 0.29) is 17.7 Å². The molecule has 2 rings (SSSR count). The van der Waals surface area contributed by atoms with Crippen molar-refractivity contribution >= 4 is 11.7 Å². The Morgan fingerprint density at radius 1 is 1.46 bits per heavy atom. The molecule has 72 valence electrons. The van der Waals surface area contributed by atoms with Crippen LogP contribution in [0.25, 0.3) is 0 Å². The van der Waals surface area contributed by atoms with Crippen molar-refractivity contribution in [3.63, 3.8) is 0 Å². The van der Waals surface area contributed by atoms with Gasteiger partial charge >= 0.3 is 0 Å². The minimum atomic E-state index is -0.0764. The molecule has 1 saturated carbocycles. The Balaban J connectivity index is 2.13. The average molecular weight is 181 g/mol. The quantitative estimate of drug-likeness (QED) is 0.633. The Labute approximate surface area is 78.1 Å². The van der Waals surface area contributed by atoms with Gasteiger partial charge in [0.25, 0.3) is 0 Å². The highest BCUT2D eigenvalue weighted by Gasteiger charge is 2.55. The Kier molecular flexibility index (Phi) is 1.90. The van der Waals surface area contributed by atoms with E-state index < -0.39 is 0 Å². The molecule has 0 bridgehead atoms. The molecule has 1 heterocycles. The van der Waals surface area contributed by atoms with Gasteiger partial charge in [0.2, 0.25) is 5.91 Å². The maximum atomic E-state index is 11.6. The Hall–Kier alpha value is -0.860. The second-order valence-corrected chi connectivity index (χ2v) is 4.10. The number of Topliss-reactive ketones (excluding diaryl/α,β-unsaturated/α-hetero) is 1. The molecule has 1 aliphatic heterocycles. The number of hydrogen-bond donors (Lipinski definition) is 0. The molecule has 3 nitrogen and oxygen atoms in total. The first-order valence-corrected chi connectivity index (χ1v) is 4.95. The largest absolute Gasteiger partial charge is 0.332 e. The fraction of sp³-hybridized carbons (Fsp3) is 0.800. The molecule has 0 aromatic rings. The van der Waals surface area contributed by atoms with Crippen LogP contribution in [0.5, 0.6) is 0 Å². The number of hydrogen-bond acceptors (Lipinski definition) is 2. The number of piperidine rings is 1. The van der Waals surface area contributed by atoms with E-state index >= 15 is 0 Å². The number of ketones is 1. The zero-order valence-electron chi connectivity index (χ0n) is 8.12. The second kappa shape index (κ2) is 2.82. The van der Waals surface area contributed by atoms with Crippen molar-refractivity contribution in [2.24, 2.45) is 11.8 Å². The average Bonchev–Trinajstić information content (AvgIpc) is 2.76. The van der Waals surface area contributed by atoms with Crippen LogP contribution in [0, 0.1) is 11.8 Å². The predicted molar refractivity (Wildman–Crippen MR) is 48.1 cm³/mol. The van der Waals surface area contributed by atoms with Gasteiger partial charge in [-0.2, -0.15) is 0 Å². The molecule has 0 aromatic carbocycles. The van der Waals surface area contributed by atoms with E-state index in [1.165, 1.54) is 0 Å². The van der Waals surface area contributed by atoms with E-state index in [1.54, 1.807) is 11.8 Å². The number of carbonyl (C=O) groups is 2. The van der Waals surface area contributed by atoms with Crippen LogP contribution in [0.1, 0.15) is 26.7 Å². The molecule has 2 fully saturated rings. The van der Waals surface area contributed by atoms with Crippen LogP contribution in [0.2, 0.25) is 0 Å². The van der Waals surface area contributed by atoms with E-state index in [0.29, 0.717) is 18.3 Å². The van der Waals surface area contributed by atoms with Crippen LogP contribution in [0.15, 0.2) is 0 Å². The zero-order chi connectivity index (χ0) is 9.59. The summed E-state index contributed by atoms with van der Waals surface area (Å²) in [5.74, 6) is 1.42. The summed E-state index contributed by atoms with van der Waals surface area (Å²) in [7, 11) is 0. The highest BCUT2D eigenvalue weighted by molar-refractivity contribution is 5.89. The van der Waals surface area contributed by atoms with Crippen molar-refractivity contribution in [1.29, 1.82) is 0 Å². The molecule has 0 spiro atoms. The molecule has 1 amide bonds. The Bertz CT molecular complexity index is 262. The topological polar surface area (TPSA) is 37.4 Å². The van der Waals surface area contributed by atoms with E-state index in [4.69, 9.17) is 0 Å². The lowest BCUT2D eigenvalue weighted by Crippen LogP contribution is -2.41. The molecule has 0 unspecified atom stereocenters. The zero-order valence-corrected chi connectivity index (χ0v) is 8.12. The van der Waals surface area contributed by atoms with Gasteiger partial charge in [-0.1, -0.05) is 6.92 Å². The number of amides is 1. The molecule has 2 aliphatic rings. The summed E-state index contributed by atoms with van der Waals surface area (Å²) >= 11 is 0. The van der Waals surface area contributed by atoms with Crippen LogP contribution in [-0.2, 0) is 9.59 Å². The van der Waals surface area contributed by atoms with Crippen LogP contribution in [-0.4, -0.2) is 29.2 Å². The van der Waals surface area contributed by atoms with Gasteiger partial charge in [-0.3, -0.25) is 9.59 Å². The van der Waals surface area contributed by atoms with Crippen LogP contribution in [0.4, 0.5) is 0 Å². The number of rotatable bonds is 2. The number of nitrogens with zero attached hydrogens (tertiary/aromatic N) is 1. The Morgan fingerprint density at radius 3 is 2.69 bits per heavy atom. The normalized spacial score (nSPS) is 35.8. The third-order valence-electron chi connectivity index (χ3n) is 3.23. The molecule has 0 N–H and O–H groups in total. The first-order valence-electron chi connectivity index (χ1n) is 4.95. The van der Waals surface area contributed by atoms with E-state index in [9.17, 15) is 9.59 Å². The minimum absolute atomic E-state index is 0.0546. The minimum Gasteiger partial charge on any atom is -0.332 e. The first kappa shape index (κ1) is 8.73. The summed E-state index contributed by atoms with van der Waals surface area (Å²) in [6.07, 6.45) is 1.71. The summed E-state index contributed by atoms with van der Waals surface area (Å²) in [4.78, 5) is 24.5. The fourth-order valence-corrected chi connectivity index (χ4v) is 2.41. The van der Waals surface area contributed by atoms with Gasteiger partial charge in [0, 0.05) is 19.9 Å². The molecule has 0 aromatic heterocycles. The maximum absolute atomic E-state index is 11.6. The summed E-state index contributed by atoms with van der Waals surface area (Å²) in [6, 6.07) is -0.0764. The molecular formula is C10H15NO2. The number of likely N-dealkylation sites (tertiary alicyclic amines) is 1. The highest BCUT2D eigenvalue weighted by atomic mass is 16.2. The van der Waals surface area contributed by atoms with Gasteiger partial charge in [0.15, 0.2) is 5.78 Å².